The SMILES string of the molecule is CC(C)Nc1nc(C#N)cc2cnc(NC3CCOC3)nc12. The van der Waals surface area contributed by atoms with Crippen molar-refractivity contribution in [1.29, 1.82) is 5.26 Å². The molecule has 0 saturated carbocycles. The molecule has 1 aliphatic heterocycles. The molecule has 2 aromatic heterocycles. The summed E-state index contributed by atoms with van der Waals surface area (Å²) in [5.41, 5.74) is 1.06. The Labute approximate surface area is 128 Å². The molecule has 0 spiro atoms. The van der Waals surface area contributed by atoms with Crippen LogP contribution < -0.4 is 10.6 Å². The predicted molar refractivity (Wildman–Crippen MR) is 83.7 cm³/mol. The first-order chi connectivity index (χ1) is 10.7. The van der Waals surface area contributed by atoms with Crippen LogP contribution in [0, 0.1) is 11.3 Å². The Balaban J connectivity index is 1.99. The minimum Gasteiger partial charge on any atom is -0.379 e. The van der Waals surface area contributed by atoms with E-state index in [9.17, 15) is 0 Å². The lowest BCUT2D eigenvalue weighted by Gasteiger charge is -2.14. The Morgan fingerprint density at radius 3 is 2.95 bits per heavy atom. The van der Waals surface area contributed by atoms with Gasteiger partial charge < -0.3 is 15.4 Å². The van der Waals surface area contributed by atoms with E-state index in [2.05, 4.69) is 31.7 Å². The summed E-state index contributed by atoms with van der Waals surface area (Å²) in [5.74, 6) is 1.17. The highest BCUT2D eigenvalue weighted by Crippen LogP contribution is 2.22. The van der Waals surface area contributed by atoms with Gasteiger partial charge in [0, 0.05) is 24.2 Å². The zero-order valence-electron chi connectivity index (χ0n) is 12.6. The van der Waals surface area contributed by atoms with Gasteiger partial charge in [0.2, 0.25) is 5.95 Å². The summed E-state index contributed by atoms with van der Waals surface area (Å²) in [4.78, 5) is 13.2. The van der Waals surface area contributed by atoms with Crippen molar-refractivity contribution in [1.82, 2.24) is 15.0 Å². The summed E-state index contributed by atoms with van der Waals surface area (Å²) >= 11 is 0. The van der Waals surface area contributed by atoms with Gasteiger partial charge in [0.25, 0.3) is 0 Å². The third-order valence-corrected chi connectivity index (χ3v) is 3.37. The molecule has 0 aromatic carbocycles. The summed E-state index contributed by atoms with van der Waals surface area (Å²) in [6.07, 6.45) is 2.67. The Morgan fingerprint density at radius 1 is 1.41 bits per heavy atom. The van der Waals surface area contributed by atoms with Gasteiger partial charge in [0.15, 0.2) is 5.82 Å². The van der Waals surface area contributed by atoms with Gasteiger partial charge >= 0.3 is 0 Å². The maximum Gasteiger partial charge on any atom is 0.223 e. The standard InChI is InChI=1S/C15H18N6O/c1-9(2)18-14-13-10(5-12(6-16)19-14)7-17-15(21-13)20-11-3-4-22-8-11/h5,7,9,11H,3-4,8H2,1-2H3,(H,18,19)(H,17,20,21). The van der Waals surface area contributed by atoms with Crippen molar-refractivity contribution in [3.05, 3.63) is 18.0 Å². The van der Waals surface area contributed by atoms with Crippen LogP contribution in [0.4, 0.5) is 11.8 Å². The molecule has 3 rings (SSSR count). The summed E-state index contributed by atoms with van der Waals surface area (Å²) < 4.78 is 5.34. The van der Waals surface area contributed by atoms with Crippen LogP contribution in [0.1, 0.15) is 26.0 Å². The average Bonchev–Trinajstić information content (AvgIpc) is 3.00. The molecule has 1 fully saturated rings. The minimum absolute atomic E-state index is 0.194. The van der Waals surface area contributed by atoms with Crippen LogP contribution in [-0.2, 0) is 4.74 Å². The highest BCUT2D eigenvalue weighted by Gasteiger charge is 2.17. The normalized spacial score (nSPS) is 17.6. The van der Waals surface area contributed by atoms with E-state index >= 15 is 0 Å². The molecule has 0 amide bonds. The number of nitriles is 1. The third kappa shape index (κ3) is 3.07. The number of nitrogens with zero attached hydrogens (tertiary/aromatic N) is 4. The van der Waals surface area contributed by atoms with Crippen molar-refractivity contribution in [2.45, 2.75) is 32.4 Å². The van der Waals surface area contributed by atoms with Crippen LogP contribution in [0.2, 0.25) is 0 Å². The van der Waals surface area contributed by atoms with E-state index in [-0.39, 0.29) is 12.1 Å². The van der Waals surface area contributed by atoms with E-state index in [1.54, 1.807) is 12.3 Å². The quantitative estimate of drug-likeness (QED) is 0.890. The zero-order valence-corrected chi connectivity index (χ0v) is 12.6. The molecule has 22 heavy (non-hydrogen) atoms. The molecule has 1 unspecified atom stereocenters. The average molecular weight is 298 g/mol. The largest absolute Gasteiger partial charge is 0.379 e. The summed E-state index contributed by atoms with van der Waals surface area (Å²) in [6.45, 7) is 5.47. The van der Waals surface area contributed by atoms with Gasteiger partial charge in [0.1, 0.15) is 17.3 Å². The second-order valence-electron chi connectivity index (χ2n) is 5.60. The van der Waals surface area contributed by atoms with Gasteiger partial charge in [-0.05, 0) is 26.3 Å². The minimum atomic E-state index is 0.194. The molecule has 1 saturated heterocycles. The van der Waals surface area contributed by atoms with Crippen molar-refractivity contribution in [3.63, 3.8) is 0 Å². The Kier molecular flexibility index (Phi) is 4.02. The van der Waals surface area contributed by atoms with Gasteiger partial charge in [-0.15, -0.1) is 0 Å². The van der Waals surface area contributed by atoms with E-state index in [1.165, 1.54) is 0 Å². The first-order valence-corrected chi connectivity index (χ1v) is 7.34. The summed E-state index contributed by atoms with van der Waals surface area (Å²) in [6, 6.07) is 4.20. The molecule has 7 heteroatoms. The molecule has 3 heterocycles. The monoisotopic (exact) mass is 298 g/mol. The molecule has 1 atom stereocenters. The molecule has 2 aromatic rings. The van der Waals surface area contributed by atoms with Gasteiger partial charge in [-0.3, -0.25) is 0 Å². The van der Waals surface area contributed by atoms with E-state index < -0.39 is 0 Å². The summed E-state index contributed by atoms with van der Waals surface area (Å²) in [7, 11) is 0. The second kappa shape index (κ2) is 6.12. The third-order valence-electron chi connectivity index (χ3n) is 3.37. The number of ether oxygens (including phenoxy) is 1. The van der Waals surface area contributed by atoms with Crippen LogP contribution >= 0.6 is 0 Å². The van der Waals surface area contributed by atoms with E-state index in [0.717, 1.165) is 18.4 Å². The fourth-order valence-electron chi connectivity index (χ4n) is 2.37. The highest BCUT2D eigenvalue weighted by molar-refractivity contribution is 5.89. The predicted octanol–water partition coefficient (Wildman–Crippen LogP) is 1.92. The number of fused-ring (bicyclic) bond motifs is 1. The van der Waals surface area contributed by atoms with Crippen molar-refractivity contribution >= 4 is 22.7 Å². The van der Waals surface area contributed by atoms with Crippen molar-refractivity contribution in [2.24, 2.45) is 0 Å². The fourth-order valence-corrected chi connectivity index (χ4v) is 2.37. The first kappa shape index (κ1) is 14.5. The number of aromatic nitrogens is 3. The second-order valence-corrected chi connectivity index (χ2v) is 5.60. The van der Waals surface area contributed by atoms with Crippen LogP contribution in [0.5, 0.6) is 0 Å². The molecular weight excluding hydrogens is 280 g/mol. The van der Waals surface area contributed by atoms with E-state index in [0.29, 0.717) is 29.6 Å². The Bertz CT molecular complexity index is 718. The Hall–Kier alpha value is -2.46. The van der Waals surface area contributed by atoms with Gasteiger partial charge in [-0.2, -0.15) is 5.26 Å². The molecule has 0 aliphatic carbocycles. The zero-order chi connectivity index (χ0) is 15.5. The maximum absolute atomic E-state index is 9.09. The van der Waals surface area contributed by atoms with Gasteiger partial charge in [-0.1, -0.05) is 0 Å². The maximum atomic E-state index is 9.09. The number of anilines is 2. The molecule has 7 nitrogen and oxygen atoms in total. The molecule has 2 N–H and O–H groups in total. The van der Waals surface area contributed by atoms with Crippen molar-refractivity contribution in [2.75, 3.05) is 23.8 Å². The first-order valence-electron chi connectivity index (χ1n) is 7.34. The lowest BCUT2D eigenvalue weighted by atomic mass is 10.2. The molecule has 1 aliphatic rings. The Morgan fingerprint density at radius 2 is 2.27 bits per heavy atom. The highest BCUT2D eigenvalue weighted by atomic mass is 16.5. The lowest BCUT2D eigenvalue weighted by Crippen LogP contribution is -2.20. The smallest absolute Gasteiger partial charge is 0.223 e. The van der Waals surface area contributed by atoms with Crippen LogP contribution in [-0.4, -0.2) is 40.2 Å². The van der Waals surface area contributed by atoms with Crippen molar-refractivity contribution in [3.8, 4) is 6.07 Å². The van der Waals surface area contributed by atoms with E-state index in [4.69, 9.17) is 10.00 Å². The topological polar surface area (TPSA) is 95.8 Å². The fraction of sp³-hybridized carbons (Fsp3) is 0.467. The lowest BCUT2D eigenvalue weighted by molar-refractivity contribution is 0.195. The molecule has 0 radical (unpaired) electrons. The molecule has 0 bridgehead atoms. The van der Waals surface area contributed by atoms with Gasteiger partial charge in [-0.25, -0.2) is 15.0 Å². The van der Waals surface area contributed by atoms with Crippen LogP contribution in [0.25, 0.3) is 10.9 Å². The van der Waals surface area contributed by atoms with Crippen LogP contribution in [0.3, 0.4) is 0 Å². The molecule has 114 valence electrons. The number of hydrogen-bond acceptors (Lipinski definition) is 7. The van der Waals surface area contributed by atoms with E-state index in [1.807, 2.05) is 13.8 Å². The molecular formula is C15H18N6O. The number of nitrogens with one attached hydrogen (secondary N) is 2. The number of hydrogen-bond donors (Lipinski definition) is 2. The number of rotatable bonds is 4. The number of pyridine rings is 1. The van der Waals surface area contributed by atoms with Crippen molar-refractivity contribution < 1.29 is 4.74 Å². The van der Waals surface area contributed by atoms with Crippen LogP contribution in [0.15, 0.2) is 12.3 Å². The summed E-state index contributed by atoms with van der Waals surface area (Å²) in [5, 5.41) is 16.4. The van der Waals surface area contributed by atoms with Gasteiger partial charge in [0.05, 0.1) is 12.6 Å².